The molecule has 0 N–H and O–H groups in total. The molecule has 0 spiro atoms. The topological polar surface area (TPSA) is 69.3 Å². The Bertz CT molecular complexity index is 1400. The number of carbonyl (C=O) groups is 1. The number of ketones is 1. The van der Waals surface area contributed by atoms with Crippen molar-refractivity contribution >= 4 is 35.1 Å². The van der Waals surface area contributed by atoms with Crippen LogP contribution < -0.4 is 5.56 Å². The first-order chi connectivity index (χ1) is 16.2. The van der Waals surface area contributed by atoms with Gasteiger partial charge in [0.25, 0.3) is 5.56 Å². The van der Waals surface area contributed by atoms with E-state index in [0.717, 1.165) is 35.5 Å². The average Bonchev–Trinajstić information content (AvgIpc) is 3.45. The van der Waals surface area contributed by atoms with Gasteiger partial charge in [-0.15, -0.1) is 22.0 Å². The summed E-state index contributed by atoms with van der Waals surface area (Å²) in [6.07, 6.45) is 4.51. The van der Waals surface area contributed by atoms with Crippen molar-refractivity contribution in [2.24, 2.45) is 0 Å². The van der Waals surface area contributed by atoms with Gasteiger partial charge in [-0.1, -0.05) is 73.1 Å². The summed E-state index contributed by atoms with van der Waals surface area (Å²) in [6.45, 7) is 0. The molecule has 8 heteroatoms. The molecule has 0 bridgehead atoms. The van der Waals surface area contributed by atoms with Gasteiger partial charge in [-0.3, -0.25) is 9.59 Å². The molecule has 2 aromatic carbocycles. The Kier molecular flexibility index (Phi) is 5.34. The number of fused-ring (bicyclic) bond motifs is 5. The predicted octanol–water partition coefficient (Wildman–Crippen LogP) is 4.99. The second-order valence-corrected chi connectivity index (χ2v) is 10.6. The van der Waals surface area contributed by atoms with Gasteiger partial charge in [-0.2, -0.15) is 0 Å². The zero-order valence-electron chi connectivity index (χ0n) is 17.9. The number of benzene rings is 2. The van der Waals surface area contributed by atoms with Crippen molar-refractivity contribution in [3.63, 3.8) is 0 Å². The van der Waals surface area contributed by atoms with Gasteiger partial charge >= 0.3 is 0 Å². The van der Waals surface area contributed by atoms with E-state index in [9.17, 15) is 9.59 Å². The normalized spacial score (nSPS) is 19.4. The van der Waals surface area contributed by atoms with Gasteiger partial charge in [0.15, 0.2) is 10.9 Å². The molecule has 2 aromatic heterocycles. The number of aromatic nitrogens is 4. The van der Waals surface area contributed by atoms with Gasteiger partial charge in [0.05, 0.1) is 22.0 Å². The number of rotatable bonds is 5. The van der Waals surface area contributed by atoms with Crippen molar-refractivity contribution in [1.29, 1.82) is 0 Å². The van der Waals surface area contributed by atoms with Crippen molar-refractivity contribution in [1.82, 2.24) is 19.2 Å². The summed E-state index contributed by atoms with van der Waals surface area (Å²) in [6, 6.07) is 18.9. The third-order valence-corrected chi connectivity index (χ3v) is 8.88. The van der Waals surface area contributed by atoms with E-state index in [1.54, 1.807) is 16.3 Å². The van der Waals surface area contributed by atoms with Crippen LogP contribution in [0.3, 0.4) is 0 Å². The standard InChI is InChI=1S/C25H22N4O2S2/c30-19(16-9-3-1-4-10-16)15-32-25-27-26-24-28(17-11-5-2-6-12-17)22(31)21-18-13-7-8-14-20(18)33-23(21)29(24)25/h1-6,9-12,18,20H,7-8,13-15H2. The monoisotopic (exact) mass is 474 g/mol. The number of Topliss-reactive ketones (excluding diaryl/α,β-unsaturated/α-hetero) is 1. The number of thioether (sulfide) groups is 2. The first-order valence-corrected chi connectivity index (χ1v) is 13.1. The molecule has 2 aliphatic rings. The summed E-state index contributed by atoms with van der Waals surface area (Å²) in [5.41, 5.74) is 2.36. The maximum absolute atomic E-state index is 13.8. The fraction of sp³-hybridized carbons (Fsp3) is 0.280. The molecule has 1 saturated carbocycles. The van der Waals surface area contributed by atoms with Gasteiger partial charge in [0.2, 0.25) is 5.78 Å². The minimum Gasteiger partial charge on any atom is -0.293 e. The van der Waals surface area contributed by atoms with E-state index in [-0.39, 0.29) is 23.0 Å². The molecular weight excluding hydrogens is 452 g/mol. The summed E-state index contributed by atoms with van der Waals surface area (Å²) in [7, 11) is 0. The molecule has 0 radical (unpaired) electrons. The second kappa shape index (κ2) is 8.50. The highest BCUT2D eigenvalue weighted by Gasteiger charge is 2.40. The Balaban J connectivity index is 1.48. The van der Waals surface area contributed by atoms with Gasteiger partial charge in [0, 0.05) is 16.7 Å². The van der Waals surface area contributed by atoms with Crippen LogP contribution in [0, 0.1) is 0 Å². The van der Waals surface area contributed by atoms with E-state index in [1.807, 2.05) is 65.1 Å². The molecule has 6 nitrogen and oxygen atoms in total. The zero-order valence-corrected chi connectivity index (χ0v) is 19.5. The van der Waals surface area contributed by atoms with Crippen molar-refractivity contribution in [2.75, 3.05) is 5.75 Å². The summed E-state index contributed by atoms with van der Waals surface area (Å²) in [5.74, 6) is 1.08. The van der Waals surface area contributed by atoms with E-state index in [4.69, 9.17) is 0 Å². The molecule has 2 atom stereocenters. The molecule has 2 unspecified atom stereocenters. The van der Waals surface area contributed by atoms with Gasteiger partial charge in [0.1, 0.15) is 0 Å². The van der Waals surface area contributed by atoms with E-state index in [2.05, 4.69) is 10.2 Å². The highest BCUT2D eigenvalue weighted by molar-refractivity contribution is 8.00. The molecular formula is C25H22N4O2S2. The molecule has 33 heavy (non-hydrogen) atoms. The lowest BCUT2D eigenvalue weighted by Crippen LogP contribution is -2.28. The smallest absolute Gasteiger partial charge is 0.264 e. The van der Waals surface area contributed by atoms with Crippen LogP contribution in [0.15, 0.2) is 75.6 Å². The molecule has 1 fully saturated rings. The Morgan fingerprint density at radius 1 is 1.00 bits per heavy atom. The van der Waals surface area contributed by atoms with E-state index < -0.39 is 0 Å². The Labute approximate surface area is 199 Å². The first kappa shape index (κ1) is 20.7. The predicted molar refractivity (Wildman–Crippen MR) is 131 cm³/mol. The highest BCUT2D eigenvalue weighted by atomic mass is 32.2. The Morgan fingerprint density at radius 3 is 2.52 bits per heavy atom. The van der Waals surface area contributed by atoms with Crippen LogP contribution in [0.4, 0.5) is 0 Å². The fourth-order valence-electron chi connectivity index (χ4n) is 4.89. The van der Waals surface area contributed by atoms with E-state index >= 15 is 0 Å². The quantitative estimate of drug-likeness (QED) is 0.231. The number of nitrogens with zero attached hydrogens (tertiary/aromatic N) is 4. The molecule has 3 heterocycles. The van der Waals surface area contributed by atoms with Crippen LogP contribution in [0.25, 0.3) is 11.5 Å². The maximum Gasteiger partial charge on any atom is 0.264 e. The largest absolute Gasteiger partial charge is 0.293 e. The molecule has 1 aliphatic carbocycles. The van der Waals surface area contributed by atoms with Crippen molar-refractivity contribution < 1.29 is 4.79 Å². The number of para-hydroxylation sites is 1. The van der Waals surface area contributed by atoms with Crippen LogP contribution >= 0.6 is 23.5 Å². The van der Waals surface area contributed by atoms with Crippen LogP contribution in [0.1, 0.15) is 47.5 Å². The SMILES string of the molecule is O=C(CSc1nnc2n(-c3ccccc3)c(=O)c3c(n12)SC1CCCCC31)c1ccccc1. The van der Waals surface area contributed by atoms with Crippen molar-refractivity contribution in [3.8, 4) is 5.69 Å². The maximum atomic E-state index is 13.8. The molecule has 0 amide bonds. The Hall–Kier alpha value is -2.84. The highest BCUT2D eigenvalue weighted by Crippen LogP contribution is 2.51. The summed E-state index contributed by atoms with van der Waals surface area (Å²) in [5, 5.41) is 10.9. The van der Waals surface area contributed by atoms with Crippen LogP contribution in [0.5, 0.6) is 0 Å². The molecule has 1 aliphatic heterocycles. The van der Waals surface area contributed by atoms with Gasteiger partial charge < -0.3 is 0 Å². The van der Waals surface area contributed by atoms with Crippen LogP contribution in [-0.2, 0) is 0 Å². The number of carbonyl (C=O) groups excluding carboxylic acids is 1. The Morgan fingerprint density at radius 2 is 1.73 bits per heavy atom. The van der Waals surface area contributed by atoms with E-state index in [1.165, 1.54) is 18.2 Å². The van der Waals surface area contributed by atoms with Crippen LogP contribution in [0.2, 0.25) is 0 Å². The fourth-order valence-corrected chi connectivity index (χ4v) is 7.43. The minimum absolute atomic E-state index is 0.00918. The third-order valence-electron chi connectivity index (χ3n) is 6.46. The zero-order chi connectivity index (χ0) is 22.4. The lowest BCUT2D eigenvalue weighted by Gasteiger charge is -2.23. The summed E-state index contributed by atoms with van der Waals surface area (Å²) >= 11 is 3.17. The number of hydrogen-bond acceptors (Lipinski definition) is 6. The molecule has 166 valence electrons. The number of hydrogen-bond donors (Lipinski definition) is 0. The van der Waals surface area contributed by atoms with Crippen molar-refractivity contribution in [2.45, 2.75) is 47.0 Å². The van der Waals surface area contributed by atoms with Gasteiger partial charge in [-0.25, -0.2) is 8.97 Å². The lowest BCUT2D eigenvalue weighted by molar-refractivity contribution is 0.102. The summed E-state index contributed by atoms with van der Waals surface area (Å²) in [4.78, 5) is 26.5. The molecule has 0 saturated heterocycles. The third kappa shape index (κ3) is 3.52. The van der Waals surface area contributed by atoms with Crippen LogP contribution in [-0.4, -0.2) is 36.0 Å². The minimum atomic E-state index is 0.00918. The average molecular weight is 475 g/mol. The van der Waals surface area contributed by atoms with E-state index in [0.29, 0.717) is 21.7 Å². The summed E-state index contributed by atoms with van der Waals surface area (Å²) < 4.78 is 3.70. The second-order valence-electron chi connectivity index (χ2n) is 8.44. The van der Waals surface area contributed by atoms with Crippen molar-refractivity contribution in [3.05, 3.63) is 82.1 Å². The first-order valence-electron chi connectivity index (χ1n) is 11.2. The molecule has 4 aromatic rings. The molecule has 6 rings (SSSR count). The lowest BCUT2D eigenvalue weighted by atomic mass is 9.85. The van der Waals surface area contributed by atoms with Gasteiger partial charge in [-0.05, 0) is 25.0 Å².